The lowest BCUT2D eigenvalue weighted by Gasteiger charge is -2.66. The molecular weight excluding hydrogens is 376 g/mol. The molecule has 0 aliphatic heterocycles. The van der Waals surface area contributed by atoms with E-state index in [1.807, 2.05) is 18.2 Å². The first-order valence-corrected chi connectivity index (χ1v) is 13.1. The molecule has 1 aromatic rings. The lowest BCUT2D eigenvalue weighted by molar-refractivity contribution is -0.150. The summed E-state index contributed by atoms with van der Waals surface area (Å²) in [7, 11) is -3.31. The first-order chi connectivity index (χ1) is 13.5. The van der Waals surface area contributed by atoms with E-state index in [1.54, 1.807) is 12.1 Å². The highest BCUT2D eigenvalue weighted by Crippen LogP contribution is 2.69. The van der Waals surface area contributed by atoms with E-state index < -0.39 is 9.84 Å². The summed E-state index contributed by atoms with van der Waals surface area (Å²) in [6, 6.07) is 9.00. The van der Waals surface area contributed by atoms with E-state index in [0.717, 1.165) is 18.8 Å². The minimum Gasteiger partial charge on any atom is -0.224 e. The van der Waals surface area contributed by atoms with Crippen LogP contribution in [-0.4, -0.2) is 14.2 Å². The number of hydrogen-bond donors (Lipinski definition) is 0. The summed E-state index contributed by atoms with van der Waals surface area (Å²) in [6.45, 7) is 14.3. The van der Waals surface area contributed by atoms with E-state index in [-0.39, 0.29) is 17.1 Å². The molecule has 160 valence electrons. The van der Waals surface area contributed by atoms with E-state index in [2.05, 4.69) is 34.3 Å². The Labute approximate surface area is 178 Å². The molecule has 3 aliphatic rings. The monoisotopic (exact) mass is 414 g/mol. The maximum absolute atomic E-state index is 13.3. The highest BCUT2D eigenvalue weighted by atomic mass is 32.2. The van der Waals surface area contributed by atoms with Gasteiger partial charge >= 0.3 is 0 Å². The summed E-state index contributed by atoms with van der Waals surface area (Å²) in [6.07, 6.45) is 8.46. The number of hydrogen-bond acceptors (Lipinski definition) is 2. The van der Waals surface area contributed by atoms with E-state index in [9.17, 15) is 8.42 Å². The fraction of sp³-hybridized carbons (Fsp3) is 0.692. The topological polar surface area (TPSA) is 34.1 Å². The van der Waals surface area contributed by atoms with E-state index in [1.165, 1.54) is 37.7 Å². The van der Waals surface area contributed by atoms with Gasteiger partial charge in [-0.1, -0.05) is 64.5 Å². The highest BCUT2D eigenvalue weighted by molar-refractivity contribution is 7.91. The Morgan fingerprint density at radius 3 is 2.31 bits per heavy atom. The Balaban J connectivity index is 1.69. The first kappa shape index (κ1) is 21.2. The summed E-state index contributed by atoms with van der Waals surface area (Å²) >= 11 is 0. The SMILES string of the molecule is C=C1CC[C@H]2[C@@](C)(CCC3C(C)(C)CCC[C@@]32C)[C@H]1CS(=O)(=O)c1ccccc1. The van der Waals surface area contributed by atoms with Gasteiger partial charge < -0.3 is 0 Å². The molecule has 1 unspecified atom stereocenters. The van der Waals surface area contributed by atoms with Crippen LogP contribution in [0.5, 0.6) is 0 Å². The van der Waals surface area contributed by atoms with Crippen molar-refractivity contribution < 1.29 is 8.42 Å². The Morgan fingerprint density at radius 2 is 1.62 bits per heavy atom. The number of rotatable bonds is 3. The number of fused-ring (bicyclic) bond motifs is 3. The lowest BCUT2D eigenvalue weighted by atomic mass is 9.39. The number of benzene rings is 1. The molecule has 0 spiro atoms. The molecule has 3 heteroatoms. The van der Waals surface area contributed by atoms with Gasteiger partial charge in [-0.25, -0.2) is 8.42 Å². The predicted molar refractivity (Wildman–Crippen MR) is 120 cm³/mol. The molecule has 29 heavy (non-hydrogen) atoms. The van der Waals surface area contributed by atoms with Crippen LogP contribution in [-0.2, 0) is 9.84 Å². The second kappa shape index (κ2) is 6.97. The molecule has 2 nitrogen and oxygen atoms in total. The predicted octanol–water partition coefficient (Wildman–Crippen LogP) is 6.68. The maximum Gasteiger partial charge on any atom is 0.178 e. The molecule has 5 atom stereocenters. The molecule has 0 saturated heterocycles. The second-order valence-corrected chi connectivity index (χ2v) is 13.4. The van der Waals surface area contributed by atoms with Crippen molar-refractivity contribution in [3.05, 3.63) is 42.5 Å². The van der Waals surface area contributed by atoms with Gasteiger partial charge in [-0.2, -0.15) is 0 Å². The van der Waals surface area contributed by atoms with E-state index >= 15 is 0 Å². The molecule has 3 fully saturated rings. The lowest BCUT2D eigenvalue weighted by Crippen LogP contribution is -2.58. The highest BCUT2D eigenvalue weighted by Gasteiger charge is 2.61. The number of allylic oxidation sites excluding steroid dienone is 1. The molecule has 0 aromatic heterocycles. The Bertz CT molecular complexity index is 885. The van der Waals surface area contributed by atoms with Crippen LogP contribution in [0.15, 0.2) is 47.4 Å². The van der Waals surface area contributed by atoms with Crippen LogP contribution in [0.1, 0.15) is 72.6 Å². The van der Waals surface area contributed by atoms with Crippen LogP contribution in [0.4, 0.5) is 0 Å². The normalized spacial score (nSPS) is 39.4. The largest absolute Gasteiger partial charge is 0.224 e. The zero-order valence-corrected chi connectivity index (χ0v) is 19.5. The van der Waals surface area contributed by atoms with Gasteiger partial charge in [0.05, 0.1) is 10.6 Å². The summed E-state index contributed by atoms with van der Waals surface area (Å²) < 4.78 is 26.6. The fourth-order valence-electron chi connectivity index (χ4n) is 7.98. The molecule has 0 N–H and O–H groups in total. The van der Waals surface area contributed by atoms with Gasteiger partial charge in [0.25, 0.3) is 0 Å². The molecule has 0 radical (unpaired) electrons. The van der Waals surface area contributed by atoms with E-state index in [4.69, 9.17) is 0 Å². The van der Waals surface area contributed by atoms with Crippen molar-refractivity contribution >= 4 is 9.84 Å². The van der Waals surface area contributed by atoms with Crippen LogP contribution in [0, 0.1) is 34.0 Å². The summed E-state index contributed by atoms with van der Waals surface area (Å²) in [5, 5.41) is 0. The van der Waals surface area contributed by atoms with Crippen LogP contribution in [0.3, 0.4) is 0 Å². The smallest absolute Gasteiger partial charge is 0.178 e. The van der Waals surface area contributed by atoms with Crippen molar-refractivity contribution in [3.8, 4) is 0 Å². The minimum absolute atomic E-state index is 0.0376. The van der Waals surface area contributed by atoms with Gasteiger partial charge in [0.15, 0.2) is 9.84 Å². The summed E-state index contributed by atoms with van der Waals surface area (Å²) in [5.41, 5.74) is 1.93. The average molecular weight is 415 g/mol. The van der Waals surface area contributed by atoms with Crippen molar-refractivity contribution in [3.63, 3.8) is 0 Å². The molecule has 3 saturated carbocycles. The fourth-order valence-corrected chi connectivity index (χ4v) is 9.80. The van der Waals surface area contributed by atoms with E-state index in [0.29, 0.717) is 21.6 Å². The second-order valence-electron chi connectivity index (χ2n) is 11.3. The molecule has 1 aromatic carbocycles. The van der Waals surface area contributed by atoms with Gasteiger partial charge in [-0.15, -0.1) is 0 Å². The minimum atomic E-state index is -3.31. The standard InChI is InChI=1S/C26H38O2S/c1-19-12-13-23-25(4,17-14-22-24(2,3)15-9-16-26(22,23)5)21(19)18-29(27,28)20-10-7-6-8-11-20/h6-8,10-11,21-23H,1,9,12-18H2,2-5H3/t21-,22?,23-,25-,26-/m0/s1. The molecule has 0 bridgehead atoms. The Hall–Kier alpha value is -1.09. The third-order valence-corrected chi connectivity index (χ3v) is 11.1. The van der Waals surface area contributed by atoms with Crippen LogP contribution in [0.2, 0.25) is 0 Å². The number of sulfone groups is 1. The third kappa shape index (κ3) is 3.32. The quantitative estimate of drug-likeness (QED) is 0.517. The van der Waals surface area contributed by atoms with Crippen LogP contribution >= 0.6 is 0 Å². The van der Waals surface area contributed by atoms with Crippen molar-refractivity contribution in [2.45, 2.75) is 77.5 Å². The summed E-state index contributed by atoms with van der Waals surface area (Å²) in [5.74, 6) is 1.62. The van der Waals surface area contributed by atoms with Crippen LogP contribution in [0.25, 0.3) is 0 Å². The molecule has 0 heterocycles. The van der Waals surface area contributed by atoms with Gasteiger partial charge in [0, 0.05) is 0 Å². The first-order valence-electron chi connectivity index (χ1n) is 11.5. The zero-order valence-electron chi connectivity index (χ0n) is 18.7. The zero-order chi connectivity index (χ0) is 21.1. The third-order valence-electron chi connectivity index (χ3n) is 9.37. The van der Waals surface area contributed by atoms with Crippen molar-refractivity contribution in [1.29, 1.82) is 0 Å². The average Bonchev–Trinajstić information content (AvgIpc) is 2.64. The Kier molecular flexibility index (Phi) is 5.08. The van der Waals surface area contributed by atoms with Gasteiger partial charge in [-0.3, -0.25) is 0 Å². The summed E-state index contributed by atoms with van der Waals surface area (Å²) in [4.78, 5) is 0.456. The maximum atomic E-state index is 13.3. The van der Waals surface area contributed by atoms with Crippen molar-refractivity contribution in [2.75, 3.05) is 5.75 Å². The molecule has 0 amide bonds. The molecule has 4 rings (SSSR count). The molecule has 3 aliphatic carbocycles. The van der Waals surface area contributed by atoms with Crippen molar-refractivity contribution in [1.82, 2.24) is 0 Å². The van der Waals surface area contributed by atoms with Gasteiger partial charge in [0.1, 0.15) is 0 Å². The van der Waals surface area contributed by atoms with Gasteiger partial charge in [-0.05, 0) is 84.7 Å². The van der Waals surface area contributed by atoms with Crippen LogP contribution < -0.4 is 0 Å². The molecular formula is C26H38O2S. The Morgan fingerprint density at radius 1 is 0.931 bits per heavy atom. The van der Waals surface area contributed by atoms with Crippen molar-refractivity contribution in [2.24, 2.45) is 34.0 Å². The van der Waals surface area contributed by atoms with Gasteiger partial charge in [0.2, 0.25) is 0 Å².